The molecule has 1 aliphatic heterocycles. The van der Waals surface area contributed by atoms with Crippen molar-refractivity contribution in [2.75, 3.05) is 7.11 Å². The number of alkyl halides is 1. The number of oxime groups is 1. The Morgan fingerprint density at radius 2 is 2.28 bits per heavy atom. The van der Waals surface area contributed by atoms with Crippen LogP contribution in [0.1, 0.15) is 33.0 Å². The van der Waals surface area contributed by atoms with Gasteiger partial charge in [-0.25, -0.2) is 0 Å². The molecule has 0 bridgehead atoms. The number of thioether (sulfide) groups is 1. The molecule has 0 amide bonds. The van der Waals surface area contributed by atoms with E-state index in [2.05, 4.69) is 10.3 Å². The van der Waals surface area contributed by atoms with Crippen LogP contribution in [0.4, 0.5) is 0 Å². The number of hydrogen-bond acceptors (Lipinski definition) is 6. The number of nitrogens with zero attached hydrogens (tertiary/aromatic N) is 2. The second-order valence-corrected chi connectivity index (χ2v) is 7.24. The molecule has 0 saturated carbocycles. The second-order valence-electron chi connectivity index (χ2n) is 4.77. The van der Waals surface area contributed by atoms with Crippen molar-refractivity contribution >= 4 is 28.4 Å². The fourth-order valence-corrected chi connectivity index (χ4v) is 2.98. The van der Waals surface area contributed by atoms with Gasteiger partial charge in [-0.15, -0.1) is 0 Å². The van der Waals surface area contributed by atoms with Crippen LogP contribution in [-0.4, -0.2) is 22.9 Å². The largest absolute Gasteiger partial charge is 0.479 e. The maximum Gasteiger partial charge on any atom is 0.254 e. The average molecular weight is 291 g/mol. The van der Waals surface area contributed by atoms with Crippen LogP contribution in [0.25, 0.3) is 0 Å². The van der Waals surface area contributed by atoms with Crippen molar-refractivity contribution in [3.05, 3.63) is 11.8 Å². The van der Waals surface area contributed by atoms with Crippen molar-refractivity contribution in [1.29, 1.82) is 0 Å². The summed E-state index contributed by atoms with van der Waals surface area (Å²) in [5.41, 5.74) is -0.269. The van der Waals surface area contributed by atoms with Gasteiger partial charge in [-0.3, -0.25) is 0 Å². The monoisotopic (exact) mass is 290 g/mol. The van der Waals surface area contributed by atoms with E-state index in [9.17, 15) is 0 Å². The van der Waals surface area contributed by atoms with Crippen molar-refractivity contribution in [1.82, 2.24) is 5.16 Å². The van der Waals surface area contributed by atoms with E-state index in [-0.39, 0.29) is 5.60 Å². The van der Waals surface area contributed by atoms with Crippen molar-refractivity contribution < 1.29 is 14.1 Å². The second kappa shape index (κ2) is 4.66. The molecule has 0 radical (unpaired) electrons. The molecular formula is C11H15ClN2O3S. The molecule has 2 heterocycles. The first-order chi connectivity index (χ1) is 8.32. The zero-order chi connectivity index (χ0) is 13.4. The number of rotatable bonds is 3. The Balaban J connectivity index is 2.08. The van der Waals surface area contributed by atoms with Gasteiger partial charge < -0.3 is 14.1 Å². The van der Waals surface area contributed by atoms with Gasteiger partial charge in [0.25, 0.3) is 5.88 Å². The molecule has 100 valence electrons. The molecule has 0 aromatic carbocycles. The van der Waals surface area contributed by atoms with E-state index in [1.54, 1.807) is 6.07 Å². The number of halogens is 1. The maximum atomic E-state index is 6.44. The van der Waals surface area contributed by atoms with Gasteiger partial charge in [-0.2, -0.15) is 0 Å². The van der Waals surface area contributed by atoms with E-state index in [1.165, 1.54) is 18.9 Å². The normalized spacial score (nSPS) is 21.1. The van der Waals surface area contributed by atoms with Gasteiger partial charge in [0, 0.05) is 12.5 Å². The van der Waals surface area contributed by atoms with E-state index in [0.717, 1.165) is 11.5 Å². The molecule has 1 aromatic heterocycles. The number of aromatic nitrogens is 1. The Labute approximate surface area is 115 Å². The van der Waals surface area contributed by atoms with Crippen molar-refractivity contribution in [2.24, 2.45) is 5.16 Å². The molecule has 1 aromatic rings. The summed E-state index contributed by atoms with van der Waals surface area (Å²) in [6.45, 7) is 5.78. The highest BCUT2D eigenvalue weighted by atomic mass is 35.5. The molecule has 1 unspecified atom stereocenters. The quantitative estimate of drug-likeness (QED) is 0.799. The minimum absolute atomic E-state index is 0.269. The first-order valence-corrected chi connectivity index (χ1v) is 6.66. The molecule has 7 heteroatoms. The van der Waals surface area contributed by atoms with Gasteiger partial charge >= 0.3 is 0 Å². The Morgan fingerprint density at radius 1 is 1.56 bits per heavy atom. The number of ether oxygens (including phenoxy) is 1. The Hall–Kier alpha value is -0.880. The van der Waals surface area contributed by atoms with Gasteiger partial charge in [0.15, 0.2) is 9.97 Å². The molecule has 2 rings (SSSR count). The van der Waals surface area contributed by atoms with Crippen LogP contribution in [-0.2, 0) is 9.04 Å². The lowest BCUT2D eigenvalue weighted by Gasteiger charge is -2.17. The van der Waals surface area contributed by atoms with Crippen molar-refractivity contribution in [2.45, 2.75) is 37.0 Å². The summed E-state index contributed by atoms with van der Waals surface area (Å²) in [6.07, 6.45) is 0.727. The molecule has 0 spiro atoms. The maximum absolute atomic E-state index is 6.44. The zero-order valence-electron chi connectivity index (χ0n) is 10.7. The highest BCUT2D eigenvalue weighted by Gasteiger charge is 2.37. The Bertz CT molecular complexity index is 471. The number of methoxy groups -OCH3 is 1. The predicted molar refractivity (Wildman–Crippen MR) is 71.1 cm³/mol. The molecule has 5 nitrogen and oxygen atoms in total. The molecule has 0 fully saturated rings. The minimum atomic E-state index is -0.785. The molecule has 1 atom stereocenters. The van der Waals surface area contributed by atoms with E-state index in [0.29, 0.717) is 11.6 Å². The van der Waals surface area contributed by atoms with Crippen molar-refractivity contribution in [3.8, 4) is 5.88 Å². The minimum Gasteiger partial charge on any atom is -0.479 e. The first-order valence-electron chi connectivity index (χ1n) is 5.46. The first kappa shape index (κ1) is 13.5. The Kier molecular flexibility index (Phi) is 3.51. The van der Waals surface area contributed by atoms with Gasteiger partial charge in [-0.1, -0.05) is 28.5 Å². The summed E-state index contributed by atoms with van der Waals surface area (Å²) in [5, 5.41) is 8.61. The summed E-state index contributed by atoms with van der Waals surface area (Å²) in [7, 11) is 1.53. The van der Waals surface area contributed by atoms with E-state index in [4.69, 9.17) is 25.7 Å². The van der Waals surface area contributed by atoms with E-state index in [1.807, 2.05) is 20.8 Å². The van der Waals surface area contributed by atoms with Gasteiger partial charge in [0.1, 0.15) is 10.6 Å². The molecular weight excluding hydrogens is 276 g/mol. The van der Waals surface area contributed by atoms with Crippen LogP contribution in [0, 0.1) is 0 Å². The highest BCUT2D eigenvalue weighted by molar-refractivity contribution is 8.15. The summed E-state index contributed by atoms with van der Waals surface area (Å²) < 4.78 is 9.34. The zero-order valence-corrected chi connectivity index (χ0v) is 12.3. The van der Waals surface area contributed by atoms with E-state index < -0.39 is 4.21 Å². The van der Waals surface area contributed by atoms with Crippen LogP contribution in [0.2, 0.25) is 0 Å². The Morgan fingerprint density at radius 3 is 2.78 bits per heavy atom. The molecule has 18 heavy (non-hydrogen) atoms. The lowest BCUT2D eigenvalue weighted by molar-refractivity contribution is 0.0123. The fraction of sp³-hybridized carbons (Fsp3) is 0.636. The van der Waals surface area contributed by atoms with Crippen molar-refractivity contribution in [3.63, 3.8) is 0 Å². The number of hydrogen-bond donors (Lipinski definition) is 0. The molecule has 0 N–H and O–H groups in total. The van der Waals surface area contributed by atoms with Crippen LogP contribution < -0.4 is 4.74 Å². The SMILES string of the molecule is COc1cc(C(C)(Cl)SC2=NOC(C)(C)C2)on1. The summed E-state index contributed by atoms with van der Waals surface area (Å²) in [4.78, 5) is 5.30. The smallest absolute Gasteiger partial charge is 0.254 e. The van der Waals surface area contributed by atoms with E-state index >= 15 is 0 Å². The molecule has 1 aliphatic rings. The highest BCUT2D eigenvalue weighted by Crippen LogP contribution is 2.44. The lowest BCUT2D eigenvalue weighted by atomic mass is 10.1. The third-order valence-electron chi connectivity index (χ3n) is 2.42. The molecule has 0 saturated heterocycles. The van der Waals surface area contributed by atoms with Crippen LogP contribution in [0.3, 0.4) is 0 Å². The third-order valence-corrected chi connectivity index (χ3v) is 3.88. The fourth-order valence-electron chi connectivity index (χ4n) is 1.50. The lowest BCUT2D eigenvalue weighted by Crippen LogP contribution is -2.19. The summed E-state index contributed by atoms with van der Waals surface area (Å²) in [5.74, 6) is 0.931. The third kappa shape index (κ3) is 2.92. The average Bonchev–Trinajstić information content (AvgIpc) is 2.84. The topological polar surface area (TPSA) is 56.9 Å². The van der Waals surface area contributed by atoms with Crippen LogP contribution in [0.15, 0.2) is 15.7 Å². The molecule has 0 aliphatic carbocycles. The van der Waals surface area contributed by atoms with Crippen LogP contribution >= 0.6 is 23.4 Å². The predicted octanol–water partition coefficient (Wildman–Crippen LogP) is 3.34. The van der Waals surface area contributed by atoms with Gasteiger partial charge in [0.2, 0.25) is 0 Å². The van der Waals surface area contributed by atoms with Gasteiger partial charge in [0.05, 0.1) is 7.11 Å². The summed E-state index contributed by atoms with van der Waals surface area (Å²) >= 11 is 7.83. The standard InChI is InChI=1S/C11H15ClN2O3S/c1-10(2)6-9(14-17-10)18-11(3,12)7-5-8(15-4)13-16-7/h5H,6H2,1-4H3. The summed E-state index contributed by atoms with van der Waals surface area (Å²) in [6, 6.07) is 1.67. The van der Waals surface area contributed by atoms with Crippen LogP contribution in [0.5, 0.6) is 5.88 Å². The van der Waals surface area contributed by atoms with Gasteiger partial charge in [-0.05, 0) is 25.9 Å².